The Morgan fingerprint density at radius 1 is 1.00 bits per heavy atom. The first kappa shape index (κ1) is 21.0. The Kier molecular flexibility index (Phi) is 5.80. The van der Waals surface area contributed by atoms with Crippen LogP contribution in [-0.4, -0.2) is 11.2 Å². The zero-order chi connectivity index (χ0) is 20.1. The highest BCUT2D eigenvalue weighted by molar-refractivity contribution is 5.24. The Bertz CT molecular complexity index is 591. The van der Waals surface area contributed by atoms with Gasteiger partial charge in [-0.3, -0.25) is 0 Å². The Labute approximate surface area is 174 Å². The number of hydrogen-bond donors (Lipinski definition) is 1. The number of allylic oxidation sites excluding steroid dienone is 2. The van der Waals surface area contributed by atoms with Gasteiger partial charge in [-0.1, -0.05) is 52.7 Å². The highest BCUT2D eigenvalue weighted by Gasteiger charge is 2.58. The molecular weight excluding hydrogens is 340 g/mol. The molecule has 3 fully saturated rings. The minimum absolute atomic E-state index is 0.102. The van der Waals surface area contributed by atoms with Gasteiger partial charge in [-0.05, 0) is 111 Å². The van der Waals surface area contributed by atoms with Crippen LogP contribution in [0.4, 0.5) is 0 Å². The lowest BCUT2D eigenvalue weighted by atomic mass is 9.47. The van der Waals surface area contributed by atoms with Crippen LogP contribution in [-0.2, 0) is 0 Å². The second-order valence-corrected chi connectivity index (χ2v) is 12.2. The predicted octanol–water partition coefficient (Wildman–Crippen LogP) is 7.39. The van der Waals surface area contributed by atoms with Crippen molar-refractivity contribution in [2.75, 3.05) is 0 Å². The van der Waals surface area contributed by atoms with E-state index < -0.39 is 0 Å². The van der Waals surface area contributed by atoms with Gasteiger partial charge in [0.25, 0.3) is 0 Å². The molecule has 4 aliphatic rings. The summed E-state index contributed by atoms with van der Waals surface area (Å²) < 4.78 is 0. The van der Waals surface area contributed by atoms with Crippen LogP contribution in [0.1, 0.15) is 105 Å². The first-order valence-corrected chi connectivity index (χ1v) is 12.6. The molecule has 0 bridgehead atoms. The Hall–Kier alpha value is -0.300. The van der Waals surface area contributed by atoms with Gasteiger partial charge in [0.05, 0.1) is 6.10 Å². The molecule has 4 aliphatic carbocycles. The second-order valence-electron chi connectivity index (χ2n) is 12.2. The van der Waals surface area contributed by atoms with Crippen LogP contribution >= 0.6 is 0 Å². The molecule has 1 heteroatoms. The van der Waals surface area contributed by atoms with Crippen molar-refractivity contribution >= 4 is 0 Å². The SMILES string of the molecule is CC(C)CC(O)C[C@@H](C)[C@H]1CC[C@H]2[C@@H]3CC=C4CCCC[C@]4(C)[C@H]3CC[C@]12C. The van der Waals surface area contributed by atoms with Crippen LogP contribution in [0, 0.1) is 46.3 Å². The van der Waals surface area contributed by atoms with E-state index in [2.05, 4.69) is 40.7 Å². The molecule has 0 aromatic carbocycles. The van der Waals surface area contributed by atoms with Crippen molar-refractivity contribution in [3.05, 3.63) is 11.6 Å². The van der Waals surface area contributed by atoms with Crippen LogP contribution < -0.4 is 0 Å². The number of hydrogen-bond acceptors (Lipinski definition) is 1. The maximum absolute atomic E-state index is 10.6. The van der Waals surface area contributed by atoms with Crippen molar-refractivity contribution in [3.8, 4) is 0 Å². The minimum atomic E-state index is -0.102. The Balaban J connectivity index is 1.50. The Morgan fingerprint density at radius 2 is 1.79 bits per heavy atom. The van der Waals surface area contributed by atoms with Gasteiger partial charge in [0, 0.05) is 0 Å². The molecule has 1 nitrogen and oxygen atoms in total. The summed E-state index contributed by atoms with van der Waals surface area (Å²) in [4.78, 5) is 0. The van der Waals surface area contributed by atoms with Crippen molar-refractivity contribution in [2.24, 2.45) is 46.3 Å². The lowest BCUT2D eigenvalue weighted by Crippen LogP contribution is -2.50. The highest BCUT2D eigenvalue weighted by Crippen LogP contribution is 2.67. The molecule has 0 heterocycles. The average Bonchev–Trinajstić information content (AvgIpc) is 2.97. The van der Waals surface area contributed by atoms with Gasteiger partial charge in [0.15, 0.2) is 0 Å². The molecule has 4 rings (SSSR count). The molecule has 0 aliphatic heterocycles. The maximum Gasteiger partial charge on any atom is 0.0545 e. The molecule has 1 unspecified atom stereocenters. The quantitative estimate of drug-likeness (QED) is 0.488. The van der Waals surface area contributed by atoms with E-state index in [0.717, 1.165) is 36.5 Å². The highest BCUT2D eigenvalue weighted by atomic mass is 16.3. The topological polar surface area (TPSA) is 20.2 Å². The summed E-state index contributed by atoms with van der Waals surface area (Å²) in [5, 5.41) is 10.6. The van der Waals surface area contributed by atoms with Crippen LogP contribution in [0.25, 0.3) is 0 Å². The summed E-state index contributed by atoms with van der Waals surface area (Å²) in [6.07, 6.45) is 17.4. The van der Waals surface area contributed by atoms with Crippen LogP contribution in [0.2, 0.25) is 0 Å². The van der Waals surface area contributed by atoms with Crippen molar-refractivity contribution < 1.29 is 5.11 Å². The molecule has 0 aromatic heterocycles. The van der Waals surface area contributed by atoms with Gasteiger partial charge < -0.3 is 5.11 Å². The zero-order valence-electron chi connectivity index (χ0n) is 19.3. The van der Waals surface area contributed by atoms with Crippen molar-refractivity contribution in [1.82, 2.24) is 0 Å². The van der Waals surface area contributed by atoms with Gasteiger partial charge in [-0.15, -0.1) is 0 Å². The third kappa shape index (κ3) is 3.42. The van der Waals surface area contributed by atoms with E-state index in [-0.39, 0.29) is 6.10 Å². The summed E-state index contributed by atoms with van der Waals surface area (Å²) >= 11 is 0. The van der Waals surface area contributed by atoms with E-state index in [9.17, 15) is 5.11 Å². The first-order valence-electron chi connectivity index (χ1n) is 12.6. The predicted molar refractivity (Wildman–Crippen MR) is 119 cm³/mol. The van der Waals surface area contributed by atoms with Gasteiger partial charge in [-0.2, -0.15) is 0 Å². The number of aliphatic hydroxyl groups excluding tert-OH is 1. The lowest BCUT2D eigenvalue weighted by Gasteiger charge is -2.58. The fourth-order valence-corrected chi connectivity index (χ4v) is 8.91. The van der Waals surface area contributed by atoms with Crippen molar-refractivity contribution in [2.45, 2.75) is 111 Å². The third-order valence-electron chi connectivity index (χ3n) is 10.2. The molecule has 0 spiro atoms. The van der Waals surface area contributed by atoms with E-state index in [1.54, 1.807) is 0 Å². The molecule has 0 aromatic rings. The summed E-state index contributed by atoms with van der Waals surface area (Å²) in [6.45, 7) is 12.2. The number of aliphatic hydroxyl groups is 1. The molecule has 28 heavy (non-hydrogen) atoms. The normalized spacial score (nSPS) is 45.0. The van der Waals surface area contributed by atoms with E-state index in [0.29, 0.717) is 22.7 Å². The molecule has 0 saturated heterocycles. The summed E-state index contributed by atoms with van der Waals surface area (Å²) in [5.74, 6) is 4.90. The molecule has 0 radical (unpaired) electrons. The van der Waals surface area contributed by atoms with Crippen LogP contribution in [0.3, 0.4) is 0 Å². The van der Waals surface area contributed by atoms with E-state index in [1.807, 2.05) is 5.57 Å². The molecule has 160 valence electrons. The molecule has 1 N–H and O–H groups in total. The van der Waals surface area contributed by atoms with Gasteiger partial charge in [-0.25, -0.2) is 0 Å². The first-order chi connectivity index (χ1) is 13.3. The molecule has 8 atom stereocenters. The summed E-state index contributed by atoms with van der Waals surface area (Å²) in [6, 6.07) is 0. The second kappa shape index (κ2) is 7.75. The molecule has 3 saturated carbocycles. The smallest absolute Gasteiger partial charge is 0.0545 e. The van der Waals surface area contributed by atoms with Gasteiger partial charge in [0.1, 0.15) is 0 Å². The standard InChI is InChI=1S/C27H46O/c1-18(2)16-21(28)17-19(3)23-11-12-24-22-10-9-20-8-6-7-14-26(20,4)25(22)13-15-27(23,24)5/h9,18-19,21-25,28H,6-8,10-17H2,1-5H3/t19-,21?,22+,23-,24+,25+,26+,27-/m1/s1. The minimum Gasteiger partial charge on any atom is -0.393 e. The Morgan fingerprint density at radius 3 is 2.54 bits per heavy atom. The monoisotopic (exact) mass is 386 g/mol. The van der Waals surface area contributed by atoms with E-state index >= 15 is 0 Å². The maximum atomic E-state index is 10.6. The van der Waals surface area contributed by atoms with Crippen molar-refractivity contribution in [1.29, 1.82) is 0 Å². The average molecular weight is 387 g/mol. The van der Waals surface area contributed by atoms with E-state index in [4.69, 9.17) is 0 Å². The molecular formula is C27H46O. The fourth-order valence-electron chi connectivity index (χ4n) is 8.91. The number of fused-ring (bicyclic) bond motifs is 5. The van der Waals surface area contributed by atoms with Gasteiger partial charge in [0.2, 0.25) is 0 Å². The van der Waals surface area contributed by atoms with Crippen molar-refractivity contribution in [3.63, 3.8) is 0 Å². The summed E-state index contributed by atoms with van der Waals surface area (Å²) in [5.41, 5.74) is 2.89. The van der Waals surface area contributed by atoms with Gasteiger partial charge >= 0.3 is 0 Å². The molecule has 0 amide bonds. The zero-order valence-corrected chi connectivity index (χ0v) is 19.3. The largest absolute Gasteiger partial charge is 0.393 e. The lowest BCUT2D eigenvalue weighted by molar-refractivity contribution is -0.0529. The number of rotatable bonds is 5. The van der Waals surface area contributed by atoms with Crippen LogP contribution in [0.5, 0.6) is 0 Å². The summed E-state index contributed by atoms with van der Waals surface area (Å²) in [7, 11) is 0. The third-order valence-corrected chi connectivity index (χ3v) is 10.2. The fraction of sp³-hybridized carbons (Fsp3) is 0.926. The van der Waals surface area contributed by atoms with Crippen LogP contribution in [0.15, 0.2) is 11.6 Å². The van der Waals surface area contributed by atoms with E-state index in [1.165, 1.54) is 57.8 Å².